The summed E-state index contributed by atoms with van der Waals surface area (Å²) >= 11 is 0. The van der Waals surface area contributed by atoms with E-state index >= 15 is 0 Å². The molecule has 1 rings (SSSR count). The molecule has 0 aromatic heterocycles. The molecule has 4 nitrogen and oxygen atoms in total. The molecule has 14 heavy (non-hydrogen) atoms. The van der Waals surface area contributed by atoms with Gasteiger partial charge in [0, 0.05) is 31.5 Å². The van der Waals surface area contributed by atoms with Crippen LogP contribution in [0.25, 0.3) is 0 Å². The van der Waals surface area contributed by atoms with Gasteiger partial charge >= 0.3 is 6.09 Å². The number of hydrogen-bond donors (Lipinski definition) is 2. The minimum atomic E-state index is -0.891. The van der Waals surface area contributed by atoms with E-state index in [9.17, 15) is 9.90 Å². The highest BCUT2D eigenvalue weighted by Crippen LogP contribution is 2.33. The van der Waals surface area contributed by atoms with Gasteiger partial charge in [-0.1, -0.05) is 0 Å². The van der Waals surface area contributed by atoms with Crippen LogP contribution in [0, 0.1) is 17.8 Å². The lowest BCUT2D eigenvalue weighted by Gasteiger charge is -2.38. The van der Waals surface area contributed by atoms with Crippen LogP contribution >= 0.6 is 0 Å². The number of aliphatic hydroxyl groups is 1. The zero-order valence-electron chi connectivity index (χ0n) is 8.07. The van der Waals surface area contributed by atoms with E-state index in [2.05, 4.69) is 5.92 Å². The molecule has 1 heterocycles. The van der Waals surface area contributed by atoms with Crippen molar-refractivity contribution in [1.82, 2.24) is 4.90 Å². The quantitative estimate of drug-likeness (QED) is 0.642. The summed E-state index contributed by atoms with van der Waals surface area (Å²) in [4.78, 5) is 12.0. The fraction of sp³-hybridized carbons (Fsp3) is 0.700. The standard InChI is InChI=1S/C10H15NO3/c1-2-3-10(8-12)4-6-11(7-5-10)9(13)14/h1,12H,3-8H2,(H,13,14). The molecule has 4 heteroatoms. The summed E-state index contributed by atoms with van der Waals surface area (Å²) in [7, 11) is 0. The van der Waals surface area contributed by atoms with Crippen molar-refractivity contribution in [3.05, 3.63) is 0 Å². The van der Waals surface area contributed by atoms with E-state index in [-0.39, 0.29) is 12.0 Å². The minimum absolute atomic E-state index is 0.0463. The van der Waals surface area contributed by atoms with Crippen molar-refractivity contribution >= 4 is 6.09 Å². The predicted octanol–water partition coefficient (Wildman–Crippen LogP) is 0.762. The number of amides is 1. The molecule has 1 aliphatic rings. The van der Waals surface area contributed by atoms with Gasteiger partial charge in [-0.25, -0.2) is 4.79 Å². The van der Waals surface area contributed by atoms with E-state index < -0.39 is 6.09 Å². The molecule has 0 unspecified atom stereocenters. The summed E-state index contributed by atoms with van der Waals surface area (Å²) in [6.07, 6.45) is 6.16. The largest absolute Gasteiger partial charge is 0.465 e. The Bertz CT molecular complexity index is 249. The lowest BCUT2D eigenvalue weighted by Crippen LogP contribution is -2.44. The summed E-state index contributed by atoms with van der Waals surface area (Å²) in [5.74, 6) is 2.55. The second kappa shape index (κ2) is 4.34. The first-order valence-corrected chi connectivity index (χ1v) is 4.66. The number of aliphatic hydroxyl groups excluding tert-OH is 1. The molecule has 0 bridgehead atoms. The third kappa shape index (κ3) is 2.18. The van der Waals surface area contributed by atoms with Crippen LogP contribution in [0.15, 0.2) is 0 Å². The molecule has 0 saturated carbocycles. The van der Waals surface area contributed by atoms with Crippen molar-refractivity contribution in [1.29, 1.82) is 0 Å². The zero-order valence-corrected chi connectivity index (χ0v) is 8.07. The fourth-order valence-corrected chi connectivity index (χ4v) is 1.78. The van der Waals surface area contributed by atoms with E-state index in [0.29, 0.717) is 32.4 Å². The Hall–Kier alpha value is -1.21. The van der Waals surface area contributed by atoms with Crippen LogP contribution in [0.2, 0.25) is 0 Å². The number of rotatable bonds is 2. The maximum atomic E-state index is 10.6. The lowest BCUT2D eigenvalue weighted by atomic mass is 9.77. The van der Waals surface area contributed by atoms with E-state index in [4.69, 9.17) is 11.5 Å². The summed E-state index contributed by atoms with van der Waals surface area (Å²) in [6.45, 7) is 0.986. The van der Waals surface area contributed by atoms with Gasteiger partial charge in [0.05, 0.1) is 0 Å². The molecule has 1 aliphatic heterocycles. The van der Waals surface area contributed by atoms with Crippen LogP contribution in [-0.4, -0.2) is 40.9 Å². The third-order valence-corrected chi connectivity index (χ3v) is 2.91. The molecular formula is C10H15NO3. The van der Waals surface area contributed by atoms with Gasteiger partial charge in [-0.15, -0.1) is 12.3 Å². The topological polar surface area (TPSA) is 60.8 Å². The van der Waals surface area contributed by atoms with Crippen LogP contribution < -0.4 is 0 Å². The maximum absolute atomic E-state index is 10.6. The molecule has 0 aromatic carbocycles. The average molecular weight is 197 g/mol. The Morgan fingerprint density at radius 1 is 1.50 bits per heavy atom. The van der Waals surface area contributed by atoms with Gasteiger partial charge in [-0.05, 0) is 12.8 Å². The van der Waals surface area contributed by atoms with Gasteiger partial charge in [0.25, 0.3) is 0 Å². The number of carboxylic acid groups (broad SMARTS) is 1. The molecule has 2 N–H and O–H groups in total. The average Bonchev–Trinajstić information content (AvgIpc) is 2.19. The van der Waals surface area contributed by atoms with Crippen molar-refractivity contribution in [2.75, 3.05) is 19.7 Å². The number of piperidine rings is 1. The molecule has 0 spiro atoms. The highest BCUT2D eigenvalue weighted by atomic mass is 16.4. The molecule has 0 aliphatic carbocycles. The normalized spacial score (nSPS) is 20.1. The maximum Gasteiger partial charge on any atom is 0.407 e. The smallest absolute Gasteiger partial charge is 0.407 e. The Morgan fingerprint density at radius 3 is 2.43 bits per heavy atom. The van der Waals surface area contributed by atoms with Gasteiger partial charge in [-0.2, -0.15) is 0 Å². The van der Waals surface area contributed by atoms with Crippen LogP contribution in [0.3, 0.4) is 0 Å². The molecule has 0 radical (unpaired) electrons. The Kier molecular flexibility index (Phi) is 3.37. The highest BCUT2D eigenvalue weighted by Gasteiger charge is 2.34. The highest BCUT2D eigenvalue weighted by molar-refractivity contribution is 5.65. The first-order valence-electron chi connectivity index (χ1n) is 4.66. The van der Waals surface area contributed by atoms with Crippen molar-refractivity contribution in [2.45, 2.75) is 19.3 Å². The summed E-state index contributed by atoms with van der Waals surface area (Å²) < 4.78 is 0. The third-order valence-electron chi connectivity index (χ3n) is 2.91. The van der Waals surface area contributed by atoms with E-state index in [1.54, 1.807) is 0 Å². The number of likely N-dealkylation sites (tertiary alicyclic amines) is 1. The van der Waals surface area contributed by atoms with Crippen LogP contribution in [-0.2, 0) is 0 Å². The first kappa shape index (κ1) is 10.9. The fourth-order valence-electron chi connectivity index (χ4n) is 1.78. The van der Waals surface area contributed by atoms with E-state index in [0.717, 1.165) is 0 Å². The molecule has 1 saturated heterocycles. The van der Waals surface area contributed by atoms with Crippen molar-refractivity contribution in [2.24, 2.45) is 5.41 Å². The summed E-state index contributed by atoms with van der Waals surface area (Å²) in [6, 6.07) is 0. The Labute approximate surface area is 83.5 Å². The van der Waals surface area contributed by atoms with Crippen LogP contribution in [0.5, 0.6) is 0 Å². The molecule has 0 aromatic rings. The van der Waals surface area contributed by atoms with Gasteiger partial charge in [0.15, 0.2) is 0 Å². The molecular weight excluding hydrogens is 182 g/mol. The lowest BCUT2D eigenvalue weighted by molar-refractivity contribution is 0.0479. The first-order chi connectivity index (χ1) is 6.63. The van der Waals surface area contributed by atoms with E-state index in [1.807, 2.05) is 0 Å². The Morgan fingerprint density at radius 2 is 2.07 bits per heavy atom. The zero-order chi connectivity index (χ0) is 10.6. The molecule has 78 valence electrons. The Balaban J connectivity index is 2.55. The number of hydrogen-bond acceptors (Lipinski definition) is 2. The number of carbonyl (C=O) groups is 1. The van der Waals surface area contributed by atoms with Crippen molar-refractivity contribution < 1.29 is 15.0 Å². The van der Waals surface area contributed by atoms with Crippen LogP contribution in [0.1, 0.15) is 19.3 Å². The second-order valence-corrected chi connectivity index (χ2v) is 3.81. The molecule has 1 fully saturated rings. The van der Waals surface area contributed by atoms with Crippen molar-refractivity contribution in [3.8, 4) is 12.3 Å². The summed E-state index contributed by atoms with van der Waals surface area (Å²) in [5, 5.41) is 18.0. The monoisotopic (exact) mass is 197 g/mol. The minimum Gasteiger partial charge on any atom is -0.465 e. The predicted molar refractivity (Wildman–Crippen MR) is 51.8 cm³/mol. The van der Waals surface area contributed by atoms with Crippen LogP contribution in [0.4, 0.5) is 4.79 Å². The SMILES string of the molecule is C#CCC1(CO)CCN(C(=O)O)CC1. The van der Waals surface area contributed by atoms with Crippen molar-refractivity contribution in [3.63, 3.8) is 0 Å². The van der Waals surface area contributed by atoms with Gasteiger partial charge < -0.3 is 15.1 Å². The van der Waals surface area contributed by atoms with E-state index in [1.165, 1.54) is 4.90 Å². The van der Waals surface area contributed by atoms with Gasteiger partial charge in [-0.3, -0.25) is 0 Å². The number of terminal acetylenes is 1. The molecule has 1 amide bonds. The van der Waals surface area contributed by atoms with Gasteiger partial charge in [0.2, 0.25) is 0 Å². The molecule has 0 atom stereocenters. The number of nitrogens with zero attached hydrogens (tertiary/aromatic N) is 1. The second-order valence-electron chi connectivity index (χ2n) is 3.81. The summed E-state index contributed by atoms with van der Waals surface area (Å²) in [5.41, 5.74) is -0.249. The van der Waals surface area contributed by atoms with Gasteiger partial charge in [0.1, 0.15) is 0 Å².